The van der Waals surface area contributed by atoms with E-state index in [4.69, 9.17) is 0 Å². The van der Waals surface area contributed by atoms with Gasteiger partial charge in [-0.1, -0.05) is 6.07 Å². The fraction of sp³-hybridized carbons (Fsp3) is 0.500. The van der Waals surface area contributed by atoms with Crippen molar-refractivity contribution in [2.24, 2.45) is 13.0 Å². The number of nitrogens with zero attached hydrogens (tertiary/aromatic N) is 4. The Morgan fingerprint density at radius 1 is 1.12 bits per heavy atom. The first-order chi connectivity index (χ1) is 11.6. The first-order valence-electron chi connectivity index (χ1n) is 8.58. The highest BCUT2D eigenvalue weighted by atomic mass is 16.2. The zero-order valence-corrected chi connectivity index (χ0v) is 13.9. The molecule has 2 amide bonds. The van der Waals surface area contributed by atoms with Crippen LogP contribution < -0.4 is 0 Å². The molecule has 1 saturated heterocycles. The van der Waals surface area contributed by atoms with Crippen molar-refractivity contribution in [3.63, 3.8) is 0 Å². The lowest BCUT2D eigenvalue weighted by molar-refractivity contribution is -0.140. The van der Waals surface area contributed by atoms with Gasteiger partial charge in [0.15, 0.2) is 0 Å². The van der Waals surface area contributed by atoms with E-state index in [2.05, 4.69) is 4.98 Å². The predicted octanol–water partition coefficient (Wildman–Crippen LogP) is 1.20. The minimum Gasteiger partial charge on any atom is -0.339 e. The Hall–Kier alpha value is -2.37. The van der Waals surface area contributed by atoms with Gasteiger partial charge in [-0.3, -0.25) is 9.59 Å². The lowest BCUT2D eigenvalue weighted by atomic mass is 10.1. The van der Waals surface area contributed by atoms with E-state index in [9.17, 15) is 9.59 Å². The maximum Gasteiger partial charge on any atom is 0.227 e. The van der Waals surface area contributed by atoms with E-state index >= 15 is 0 Å². The van der Waals surface area contributed by atoms with Crippen molar-refractivity contribution in [1.29, 1.82) is 0 Å². The molecule has 1 aromatic heterocycles. The standard InChI is InChI=1S/C18H22N4O2/c1-20-12-19-15-10-13(2-5-16(15)20)11-17(23)21-6-8-22(9-7-21)18(24)14-3-4-14/h2,5,10,12,14H,3-4,6-9,11H2,1H3. The van der Waals surface area contributed by atoms with E-state index in [1.165, 1.54) is 0 Å². The molecule has 0 atom stereocenters. The number of amides is 2. The molecule has 1 aromatic carbocycles. The van der Waals surface area contributed by atoms with Gasteiger partial charge in [-0.15, -0.1) is 0 Å². The molecule has 2 fully saturated rings. The fourth-order valence-electron chi connectivity index (χ4n) is 3.34. The lowest BCUT2D eigenvalue weighted by Crippen LogP contribution is -2.51. The summed E-state index contributed by atoms with van der Waals surface area (Å²) in [4.78, 5) is 32.7. The fourth-order valence-corrected chi connectivity index (χ4v) is 3.34. The number of rotatable bonds is 3. The number of carbonyl (C=O) groups excluding carboxylic acids is 2. The van der Waals surface area contributed by atoms with Gasteiger partial charge in [-0.2, -0.15) is 0 Å². The highest BCUT2D eigenvalue weighted by molar-refractivity contribution is 5.83. The van der Waals surface area contributed by atoms with Crippen molar-refractivity contribution in [3.05, 3.63) is 30.1 Å². The van der Waals surface area contributed by atoms with Crippen LogP contribution >= 0.6 is 0 Å². The van der Waals surface area contributed by atoms with E-state index in [1.807, 2.05) is 39.6 Å². The predicted molar refractivity (Wildman–Crippen MR) is 90.3 cm³/mol. The summed E-state index contributed by atoms with van der Waals surface area (Å²) < 4.78 is 1.97. The number of aromatic nitrogens is 2. The molecule has 24 heavy (non-hydrogen) atoms. The summed E-state index contributed by atoms with van der Waals surface area (Å²) in [6, 6.07) is 5.99. The molecule has 1 saturated carbocycles. The van der Waals surface area contributed by atoms with Gasteiger partial charge >= 0.3 is 0 Å². The van der Waals surface area contributed by atoms with Crippen LogP contribution in [0.5, 0.6) is 0 Å². The van der Waals surface area contributed by atoms with Crippen molar-refractivity contribution in [1.82, 2.24) is 19.4 Å². The zero-order chi connectivity index (χ0) is 16.7. The number of fused-ring (bicyclic) bond motifs is 1. The second-order valence-corrected chi connectivity index (χ2v) is 6.84. The van der Waals surface area contributed by atoms with Gasteiger partial charge in [0.2, 0.25) is 11.8 Å². The summed E-state index contributed by atoms with van der Waals surface area (Å²) in [5, 5.41) is 0. The molecule has 0 N–H and O–H groups in total. The van der Waals surface area contributed by atoms with E-state index in [0.717, 1.165) is 29.4 Å². The van der Waals surface area contributed by atoms with Crippen LogP contribution in [0.4, 0.5) is 0 Å². The molecule has 0 spiro atoms. The van der Waals surface area contributed by atoms with Crippen LogP contribution in [-0.4, -0.2) is 57.3 Å². The summed E-state index contributed by atoms with van der Waals surface area (Å²) in [5.41, 5.74) is 2.98. The Kier molecular flexibility index (Phi) is 3.75. The van der Waals surface area contributed by atoms with Crippen LogP contribution in [0.3, 0.4) is 0 Å². The van der Waals surface area contributed by atoms with Crippen molar-refractivity contribution in [2.75, 3.05) is 26.2 Å². The van der Waals surface area contributed by atoms with E-state index in [0.29, 0.717) is 32.6 Å². The third-order valence-electron chi connectivity index (χ3n) is 5.02. The second kappa shape index (κ2) is 5.92. The number of imidazole rings is 1. The average molecular weight is 326 g/mol. The molecule has 2 aliphatic rings. The normalized spacial score (nSPS) is 18.2. The summed E-state index contributed by atoms with van der Waals surface area (Å²) in [6.45, 7) is 2.62. The number of hydrogen-bond acceptors (Lipinski definition) is 3. The van der Waals surface area contributed by atoms with Gasteiger partial charge in [0, 0.05) is 39.1 Å². The van der Waals surface area contributed by atoms with E-state index < -0.39 is 0 Å². The Labute approximate surface area is 141 Å². The highest BCUT2D eigenvalue weighted by Gasteiger charge is 2.35. The van der Waals surface area contributed by atoms with Crippen LogP contribution in [0.1, 0.15) is 18.4 Å². The summed E-state index contributed by atoms with van der Waals surface area (Å²) in [7, 11) is 1.96. The number of benzene rings is 1. The third kappa shape index (κ3) is 2.88. The molecule has 2 heterocycles. The summed E-state index contributed by atoms with van der Waals surface area (Å²) >= 11 is 0. The maximum atomic E-state index is 12.5. The van der Waals surface area contributed by atoms with E-state index in [-0.39, 0.29) is 17.7 Å². The van der Waals surface area contributed by atoms with Crippen molar-refractivity contribution < 1.29 is 9.59 Å². The van der Waals surface area contributed by atoms with Crippen LogP contribution in [0.2, 0.25) is 0 Å². The molecular weight excluding hydrogens is 304 g/mol. The van der Waals surface area contributed by atoms with Crippen LogP contribution in [0.15, 0.2) is 24.5 Å². The monoisotopic (exact) mass is 326 g/mol. The summed E-state index contributed by atoms with van der Waals surface area (Å²) in [6.07, 6.45) is 4.25. The molecule has 126 valence electrons. The molecular formula is C18H22N4O2. The van der Waals surface area contributed by atoms with Crippen molar-refractivity contribution in [2.45, 2.75) is 19.3 Å². The van der Waals surface area contributed by atoms with Crippen molar-refractivity contribution >= 4 is 22.8 Å². The first kappa shape index (κ1) is 15.2. The molecule has 4 rings (SSSR count). The highest BCUT2D eigenvalue weighted by Crippen LogP contribution is 2.31. The van der Waals surface area contributed by atoms with Gasteiger partial charge in [0.25, 0.3) is 0 Å². The number of hydrogen-bond donors (Lipinski definition) is 0. The molecule has 1 aliphatic carbocycles. The number of aryl methyl sites for hydroxylation is 1. The first-order valence-corrected chi connectivity index (χ1v) is 8.58. The molecule has 6 nitrogen and oxygen atoms in total. The minimum absolute atomic E-state index is 0.129. The van der Waals surface area contributed by atoms with Gasteiger partial charge in [-0.05, 0) is 30.5 Å². The zero-order valence-electron chi connectivity index (χ0n) is 13.9. The smallest absolute Gasteiger partial charge is 0.227 e. The topological polar surface area (TPSA) is 58.4 Å². The third-order valence-corrected chi connectivity index (χ3v) is 5.02. The van der Waals surface area contributed by atoms with Crippen LogP contribution in [0.25, 0.3) is 11.0 Å². The molecule has 0 radical (unpaired) electrons. The lowest BCUT2D eigenvalue weighted by Gasteiger charge is -2.35. The Bertz CT molecular complexity index is 785. The maximum absolute atomic E-state index is 12.5. The molecule has 1 aliphatic heterocycles. The second-order valence-electron chi connectivity index (χ2n) is 6.84. The Morgan fingerprint density at radius 2 is 1.83 bits per heavy atom. The molecule has 0 unspecified atom stereocenters. The number of piperazine rings is 1. The SMILES string of the molecule is Cn1cnc2cc(CC(=O)N3CCN(C(=O)C4CC4)CC3)ccc21. The van der Waals surface area contributed by atoms with Gasteiger partial charge in [-0.25, -0.2) is 4.98 Å². The van der Waals surface area contributed by atoms with Gasteiger partial charge in [0.05, 0.1) is 23.8 Å². The van der Waals surface area contributed by atoms with Crippen molar-refractivity contribution in [3.8, 4) is 0 Å². The quantitative estimate of drug-likeness (QED) is 0.851. The van der Waals surface area contributed by atoms with E-state index in [1.54, 1.807) is 6.33 Å². The molecule has 2 aromatic rings. The summed E-state index contributed by atoms with van der Waals surface area (Å²) in [5.74, 6) is 0.670. The van der Waals surface area contributed by atoms with Crippen LogP contribution in [0, 0.1) is 5.92 Å². The van der Waals surface area contributed by atoms with Gasteiger partial charge in [0.1, 0.15) is 0 Å². The average Bonchev–Trinajstić information content (AvgIpc) is 3.39. The molecule has 6 heteroatoms. The van der Waals surface area contributed by atoms with Gasteiger partial charge < -0.3 is 14.4 Å². The number of carbonyl (C=O) groups is 2. The van der Waals surface area contributed by atoms with Crippen LogP contribution in [-0.2, 0) is 23.1 Å². The minimum atomic E-state index is 0.129. The largest absolute Gasteiger partial charge is 0.339 e. The Balaban J connectivity index is 1.36. The molecule has 0 bridgehead atoms. The Morgan fingerprint density at radius 3 is 2.54 bits per heavy atom.